The van der Waals surface area contributed by atoms with Crippen LogP contribution in [0.15, 0.2) is 23.7 Å². The number of thiocarbonyl (C=S) groups is 1. The highest BCUT2D eigenvalue weighted by molar-refractivity contribution is 7.80. The van der Waals surface area contributed by atoms with Crippen molar-refractivity contribution in [2.24, 2.45) is 5.10 Å². The molecular weight excluding hydrogens is 198 g/mol. The molecule has 0 aromatic carbocycles. The lowest BCUT2D eigenvalue weighted by Gasteiger charge is -2.01. The fourth-order valence-corrected chi connectivity index (χ4v) is 0.931. The van der Waals surface area contributed by atoms with E-state index in [0.717, 1.165) is 6.54 Å². The molecule has 1 heterocycles. The minimum Gasteiger partial charge on any atom is -0.362 e. The van der Waals surface area contributed by atoms with Gasteiger partial charge in [-0.05, 0) is 19.1 Å². The van der Waals surface area contributed by atoms with Crippen LogP contribution in [0, 0.1) is 0 Å². The molecule has 0 aliphatic heterocycles. The number of aromatic nitrogens is 2. The minimum absolute atomic E-state index is 0.493. The highest BCUT2D eigenvalue weighted by Crippen LogP contribution is 1.82. The molecule has 0 bridgehead atoms. The molecule has 1 aromatic rings. The maximum atomic E-state index is 4.90. The third-order valence-electron chi connectivity index (χ3n) is 1.28. The second-order valence-corrected chi connectivity index (χ2v) is 2.77. The van der Waals surface area contributed by atoms with Crippen LogP contribution in [0.4, 0.5) is 0 Å². The largest absolute Gasteiger partial charge is 0.362 e. The van der Waals surface area contributed by atoms with Crippen LogP contribution >= 0.6 is 12.2 Å². The third-order valence-corrected chi connectivity index (χ3v) is 1.52. The van der Waals surface area contributed by atoms with E-state index in [-0.39, 0.29) is 0 Å². The van der Waals surface area contributed by atoms with Gasteiger partial charge >= 0.3 is 0 Å². The van der Waals surface area contributed by atoms with Crippen LogP contribution in [-0.4, -0.2) is 27.8 Å². The molecule has 0 unspecified atom stereocenters. The standard InChI is InChI=1S/C8H11N5S/c1-2-10-8(14)13-12-6-7-5-9-3-4-11-7/h3-6H,2H2,1H3,(H2,10,13,14). The molecule has 0 radical (unpaired) electrons. The number of hydrazone groups is 1. The maximum absolute atomic E-state index is 4.90. The molecule has 0 atom stereocenters. The Morgan fingerprint density at radius 1 is 1.64 bits per heavy atom. The summed E-state index contributed by atoms with van der Waals surface area (Å²) in [5.74, 6) is 0. The lowest BCUT2D eigenvalue weighted by atomic mass is 10.5. The zero-order chi connectivity index (χ0) is 10.2. The molecule has 2 N–H and O–H groups in total. The summed E-state index contributed by atoms with van der Waals surface area (Å²) in [6, 6.07) is 0. The van der Waals surface area contributed by atoms with Crippen LogP contribution in [0.1, 0.15) is 12.6 Å². The Balaban J connectivity index is 2.38. The van der Waals surface area contributed by atoms with Gasteiger partial charge in [0.1, 0.15) is 5.69 Å². The van der Waals surface area contributed by atoms with Crippen LogP contribution in [0.5, 0.6) is 0 Å². The van der Waals surface area contributed by atoms with Crippen LogP contribution in [-0.2, 0) is 0 Å². The molecule has 5 nitrogen and oxygen atoms in total. The Morgan fingerprint density at radius 3 is 3.14 bits per heavy atom. The quantitative estimate of drug-likeness (QED) is 0.426. The van der Waals surface area contributed by atoms with E-state index in [4.69, 9.17) is 12.2 Å². The summed E-state index contributed by atoms with van der Waals surface area (Å²) >= 11 is 4.90. The molecule has 0 aliphatic rings. The number of hydrogen-bond acceptors (Lipinski definition) is 4. The zero-order valence-electron chi connectivity index (χ0n) is 7.77. The lowest BCUT2D eigenvalue weighted by Crippen LogP contribution is -2.31. The lowest BCUT2D eigenvalue weighted by molar-refractivity contribution is 0.903. The van der Waals surface area contributed by atoms with Gasteiger partial charge in [-0.3, -0.25) is 15.4 Å². The van der Waals surface area contributed by atoms with Gasteiger partial charge in [-0.15, -0.1) is 0 Å². The third kappa shape index (κ3) is 3.90. The van der Waals surface area contributed by atoms with Crippen LogP contribution in [0.2, 0.25) is 0 Å². The molecule has 0 aliphatic carbocycles. The molecule has 0 fully saturated rings. The number of nitrogens with zero attached hydrogens (tertiary/aromatic N) is 3. The van der Waals surface area contributed by atoms with Crippen molar-refractivity contribution in [3.05, 3.63) is 24.3 Å². The predicted octanol–water partition coefficient (Wildman–Crippen LogP) is 0.295. The smallest absolute Gasteiger partial charge is 0.186 e. The summed E-state index contributed by atoms with van der Waals surface area (Å²) in [4.78, 5) is 7.89. The van der Waals surface area contributed by atoms with Crippen LogP contribution in [0.25, 0.3) is 0 Å². The topological polar surface area (TPSA) is 62.2 Å². The fraction of sp³-hybridized carbons (Fsp3) is 0.250. The molecular formula is C8H11N5S. The van der Waals surface area contributed by atoms with Gasteiger partial charge in [0.25, 0.3) is 0 Å². The normalized spacial score (nSPS) is 10.1. The average Bonchev–Trinajstić information content (AvgIpc) is 2.20. The molecule has 0 amide bonds. The molecule has 74 valence electrons. The predicted molar refractivity (Wildman–Crippen MR) is 59.0 cm³/mol. The molecule has 1 rings (SSSR count). The Morgan fingerprint density at radius 2 is 2.50 bits per heavy atom. The average molecular weight is 209 g/mol. The van der Waals surface area contributed by atoms with E-state index in [1.807, 2.05) is 6.92 Å². The van der Waals surface area contributed by atoms with E-state index in [0.29, 0.717) is 10.8 Å². The van der Waals surface area contributed by atoms with E-state index in [1.54, 1.807) is 24.8 Å². The molecule has 14 heavy (non-hydrogen) atoms. The summed E-state index contributed by atoms with van der Waals surface area (Å²) in [5, 5.41) is 7.27. The monoisotopic (exact) mass is 209 g/mol. The molecule has 6 heteroatoms. The van der Waals surface area contributed by atoms with Crippen molar-refractivity contribution in [2.75, 3.05) is 6.54 Å². The second-order valence-electron chi connectivity index (χ2n) is 2.36. The highest BCUT2D eigenvalue weighted by atomic mass is 32.1. The van der Waals surface area contributed by atoms with E-state index < -0.39 is 0 Å². The molecule has 0 spiro atoms. The Kier molecular flexibility index (Phi) is 4.49. The van der Waals surface area contributed by atoms with Crippen LogP contribution < -0.4 is 10.7 Å². The van der Waals surface area contributed by atoms with Crippen molar-refractivity contribution in [1.29, 1.82) is 0 Å². The summed E-state index contributed by atoms with van der Waals surface area (Å²) in [7, 11) is 0. The Labute approximate surface area is 87.7 Å². The summed E-state index contributed by atoms with van der Waals surface area (Å²) in [5.41, 5.74) is 3.33. The SMILES string of the molecule is CCNC(=S)NN=Cc1cnccn1. The van der Waals surface area contributed by atoms with Crippen molar-refractivity contribution < 1.29 is 0 Å². The van der Waals surface area contributed by atoms with E-state index in [1.165, 1.54) is 0 Å². The van der Waals surface area contributed by atoms with Gasteiger partial charge in [-0.1, -0.05) is 0 Å². The van der Waals surface area contributed by atoms with E-state index >= 15 is 0 Å². The van der Waals surface area contributed by atoms with Crippen molar-refractivity contribution in [1.82, 2.24) is 20.7 Å². The number of nitrogens with one attached hydrogen (secondary N) is 2. The summed E-state index contributed by atoms with van der Waals surface area (Å²) < 4.78 is 0. The first-order chi connectivity index (χ1) is 6.83. The van der Waals surface area contributed by atoms with Crippen molar-refractivity contribution in [2.45, 2.75) is 6.92 Å². The van der Waals surface area contributed by atoms with Gasteiger partial charge in [0, 0.05) is 18.9 Å². The molecule has 0 saturated carbocycles. The second kappa shape index (κ2) is 5.98. The molecule has 0 saturated heterocycles. The number of rotatable bonds is 3. The Hall–Kier alpha value is -1.56. The number of hydrogen-bond donors (Lipinski definition) is 2. The van der Waals surface area contributed by atoms with Crippen molar-refractivity contribution in [3.8, 4) is 0 Å². The van der Waals surface area contributed by atoms with Gasteiger partial charge in [-0.25, -0.2) is 0 Å². The van der Waals surface area contributed by atoms with Crippen LogP contribution in [0.3, 0.4) is 0 Å². The van der Waals surface area contributed by atoms with E-state index in [9.17, 15) is 0 Å². The van der Waals surface area contributed by atoms with E-state index in [2.05, 4.69) is 25.8 Å². The fourth-order valence-electron chi connectivity index (χ4n) is 0.734. The van der Waals surface area contributed by atoms with Gasteiger partial charge in [0.2, 0.25) is 0 Å². The first-order valence-corrected chi connectivity index (χ1v) is 4.56. The van der Waals surface area contributed by atoms with Gasteiger partial charge in [-0.2, -0.15) is 5.10 Å². The molecule has 1 aromatic heterocycles. The maximum Gasteiger partial charge on any atom is 0.186 e. The first kappa shape index (κ1) is 10.5. The van der Waals surface area contributed by atoms with Crippen molar-refractivity contribution in [3.63, 3.8) is 0 Å². The van der Waals surface area contributed by atoms with Gasteiger partial charge in [0.05, 0.1) is 12.4 Å². The first-order valence-electron chi connectivity index (χ1n) is 4.16. The van der Waals surface area contributed by atoms with Crippen molar-refractivity contribution >= 4 is 23.5 Å². The van der Waals surface area contributed by atoms with Gasteiger partial charge in [0.15, 0.2) is 5.11 Å². The van der Waals surface area contributed by atoms with Gasteiger partial charge < -0.3 is 5.32 Å². The Bertz CT molecular complexity index is 311. The summed E-state index contributed by atoms with van der Waals surface area (Å²) in [6.45, 7) is 2.73. The zero-order valence-corrected chi connectivity index (χ0v) is 8.58. The summed E-state index contributed by atoms with van der Waals surface area (Å²) in [6.07, 6.45) is 6.37. The minimum atomic E-state index is 0.493. The highest BCUT2D eigenvalue weighted by Gasteiger charge is 1.88.